The van der Waals surface area contributed by atoms with Crippen molar-refractivity contribution in [2.24, 2.45) is 5.92 Å². The summed E-state index contributed by atoms with van der Waals surface area (Å²) in [5, 5.41) is 5.05. The molecule has 1 spiro atoms. The summed E-state index contributed by atoms with van der Waals surface area (Å²) >= 11 is 3.55. The molecule has 0 unspecified atom stereocenters. The molecule has 3 aromatic rings. The first-order valence-corrected chi connectivity index (χ1v) is 13.4. The molecule has 1 fully saturated rings. The lowest BCUT2D eigenvalue weighted by molar-refractivity contribution is -0.134. The maximum atomic E-state index is 14.4. The van der Waals surface area contributed by atoms with Gasteiger partial charge in [-0.2, -0.15) is 0 Å². The molecule has 0 aromatic heterocycles. The maximum Gasteiger partial charge on any atom is 0.254 e. The van der Waals surface area contributed by atoms with Gasteiger partial charge >= 0.3 is 0 Å². The standard InChI is InChI=1S/C29H31BrN2O5/c1-4-18(2)27(33)31-26-28(34)32(23-7-5-6-8-25(23)37-29(26)13-14-36-17-29)16-22-21-11-10-20(30)15-19(21)9-12-24(22)35-3/h5-12,15,18,26H,4,13-14,16-17H2,1-3H3,(H,31,33)/t18-,26+,29-/m1/s1. The number of carbonyl (C=O) groups is 2. The molecule has 8 heteroatoms. The van der Waals surface area contributed by atoms with Gasteiger partial charge in [-0.1, -0.05) is 54.0 Å². The summed E-state index contributed by atoms with van der Waals surface area (Å²) in [5.74, 6) is 0.633. The summed E-state index contributed by atoms with van der Waals surface area (Å²) in [6.45, 7) is 4.74. The number of methoxy groups -OCH3 is 1. The van der Waals surface area contributed by atoms with E-state index in [4.69, 9.17) is 14.2 Å². The molecule has 37 heavy (non-hydrogen) atoms. The van der Waals surface area contributed by atoms with Crippen LogP contribution in [-0.4, -0.2) is 43.8 Å². The van der Waals surface area contributed by atoms with E-state index >= 15 is 0 Å². The van der Waals surface area contributed by atoms with Crippen LogP contribution in [0.1, 0.15) is 32.3 Å². The Morgan fingerprint density at radius 2 is 2.05 bits per heavy atom. The van der Waals surface area contributed by atoms with Crippen molar-refractivity contribution < 1.29 is 23.8 Å². The smallest absolute Gasteiger partial charge is 0.254 e. The van der Waals surface area contributed by atoms with E-state index in [0.29, 0.717) is 36.6 Å². The predicted octanol–water partition coefficient (Wildman–Crippen LogP) is 5.23. The molecule has 2 amide bonds. The molecular weight excluding hydrogens is 536 g/mol. The fourth-order valence-corrected chi connectivity index (χ4v) is 5.48. The predicted molar refractivity (Wildman–Crippen MR) is 146 cm³/mol. The Hall–Kier alpha value is -3.10. The second kappa shape index (κ2) is 10.3. The number of ether oxygens (including phenoxy) is 3. The quantitative estimate of drug-likeness (QED) is 0.442. The van der Waals surface area contributed by atoms with Crippen LogP contribution in [-0.2, 0) is 20.9 Å². The van der Waals surface area contributed by atoms with Gasteiger partial charge in [0.1, 0.15) is 11.5 Å². The molecule has 7 nitrogen and oxygen atoms in total. The van der Waals surface area contributed by atoms with E-state index in [0.717, 1.165) is 20.8 Å². The van der Waals surface area contributed by atoms with E-state index in [2.05, 4.69) is 21.2 Å². The number of para-hydroxylation sites is 2. The number of nitrogens with zero attached hydrogens (tertiary/aromatic N) is 1. The van der Waals surface area contributed by atoms with Gasteiger partial charge in [-0.3, -0.25) is 9.59 Å². The van der Waals surface area contributed by atoms with E-state index in [-0.39, 0.29) is 30.9 Å². The molecule has 2 heterocycles. The summed E-state index contributed by atoms with van der Waals surface area (Å²) in [5.41, 5.74) is 0.537. The largest absolute Gasteiger partial charge is 0.496 e. The highest BCUT2D eigenvalue weighted by atomic mass is 79.9. The van der Waals surface area contributed by atoms with E-state index in [1.807, 2.05) is 68.4 Å². The van der Waals surface area contributed by atoms with Gasteiger partial charge in [0.2, 0.25) is 5.91 Å². The summed E-state index contributed by atoms with van der Waals surface area (Å²) in [6, 6.07) is 16.6. The third-order valence-corrected chi connectivity index (χ3v) is 7.95. The fourth-order valence-electron chi connectivity index (χ4n) is 5.10. The molecule has 2 aliphatic rings. The van der Waals surface area contributed by atoms with Crippen LogP contribution < -0.4 is 19.7 Å². The normalized spacial score (nSPS) is 21.9. The Kier molecular flexibility index (Phi) is 7.14. The number of amides is 2. The van der Waals surface area contributed by atoms with Crippen LogP contribution >= 0.6 is 15.9 Å². The van der Waals surface area contributed by atoms with E-state index in [1.165, 1.54) is 0 Å². The number of nitrogens with one attached hydrogen (secondary N) is 1. The Bertz CT molecular complexity index is 1340. The molecule has 3 aromatic carbocycles. The van der Waals surface area contributed by atoms with Crippen LogP contribution in [0.4, 0.5) is 5.69 Å². The van der Waals surface area contributed by atoms with Crippen LogP contribution in [0.5, 0.6) is 11.5 Å². The number of fused-ring (bicyclic) bond motifs is 2. The van der Waals surface area contributed by atoms with Crippen molar-refractivity contribution in [1.82, 2.24) is 5.32 Å². The number of halogens is 1. The van der Waals surface area contributed by atoms with Crippen molar-refractivity contribution in [3.63, 3.8) is 0 Å². The highest BCUT2D eigenvalue weighted by molar-refractivity contribution is 9.10. The Labute approximate surface area is 225 Å². The molecule has 1 N–H and O–H groups in total. The second-order valence-electron chi connectivity index (χ2n) is 9.72. The monoisotopic (exact) mass is 566 g/mol. The first-order valence-electron chi connectivity index (χ1n) is 12.6. The number of hydrogen-bond donors (Lipinski definition) is 1. The lowest BCUT2D eigenvalue weighted by Gasteiger charge is -2.35. The van der Waals surface area contributed by atoms with Crippen molar-refractivity contribution in [3.8, 4) is 11.5 Å². The fraction of sp³-hybridized carbons (Fsp3) is 0.379. The lowest BCUT2D eigenvalue weighted by atomic mass is 9.90. The van der Waals surface area contributed by atoms with Crippen molar-refractivity contribution in [3.05, 3.63) is 64.6 Å². The van der Waals surface area contributed by atoms with Crippen LogP contribution in [0.15, 0.2) is 59.1 Å². The molecule has 1 saturated heterocycles. The summed E-state index contributed by atoms with van der Waals surface area (Å²) in [6.07, 6.45) is 1.17. The molecule has 0 aliphatic carbocycles. The minimum Gasteiger partial charge on any atom is -0.496 e. The maximum absolute atomic E-state index is 14.4. The average Bonchev–Trinajstić information content (AvgIpc) is 3.35. The summed E-state index contributed by atoms with van der Waals surface area (Å²) in [7, 11) is 1.63. The molecular formula is C29H31BrN2O5. The number of hydrogen-bond acceptors (Lipinski definition) is 5. The van der Waals surface area contributed by atoms with Gasteiger partial charge in [-0.25, -0.2) is 0 Å². The molecule has 0 radical (unpaired) electrons. The Morgan fingerprint density at radius 1 is 1.24 bits per heavy atom. The molecule has 5 rings (SSSR count). The summed E-state index contributed by atoms with van der Waals surface area (Å²) in [4.78, 5) is 29.2. The zero-order chi connectivity index (χ0) is 26.2. The SMILES string of the molecule is CC[C@@H](C)C(=O)N[C@H]1C(=O)N(Cc2c(OC)ccc3cc(Br)ccc23)c2ccccc2O[C@@]12CCOC2. The third kappa shape index (κ3) is 4.68. The van der Waals surface area contributed by atoms with Crippen molar-refractivity contribution in [2.45, 2.75) is 44.9 Å². The molecule has 0 bridgehead atoms. The first-order chi connectivity index (χ1) is 17.9. The van der Waals surface area contributed by atoms with Crippen LogP contribution in [0, 0.1) is 5.92 Å². The van der Waals surface area contributed by atoms with Gasteiger partial charge in [0.15, 0.2) is 11.6 Å². The van der Waals surface area contributed by atoms with Gasteiger partial charge in [-0.15, -0.1) is 0 Å². The molecule has 2 aliphatic heterocycles. The second-order valence-corrected chi connectivity index (χ2v) is 10.6. The number of carbonyl (C=O) groups excluding carboxylic acids is 2. The Balaban J connectivity index is 1.64. The average molecular weight is 567 g/mol. The highest BCUT2D eigenvalue weighted by Gasteiger charge is 2.53. The number of benzene rings is 3. The minimum absolute atomic E-state index is 0.172. The van der Waals surface area contributed by atoms with Gasteiger partial charge in [0.25, 0.3) is 5.91 Å². The lowest BCUT2D eigenvalue weighted by Crippen LogP contribution is -2.63. The topological polar surface area (TPSA) is 77.1 Å². The van der Waals surface area contributed by atoms with Gasteiger partial charge in [-0.05, 0) is 47.5 Å². The third-order valence-electron chi connectivity index (χ3n) is 7.46. The van der Waals surface area contributed by atoms with Crippen molar-refractivity contribution in [2.75, 3.05) is 25.2 Å². The first kappa shape index (κ1) is 25.5. The van der Waals surface area contributed by atoms with E-state index in [1.54, 1.807) is 12.0 Å². The minimum atomic E-state index is -0.987. The van der Waals surface area contributed by atoms with Gasteiger partial charge < -0.3 is 24.4 Å². The van der Waals surface area contributed by atoms with Crippen LogP contribution in [0.25, 0.3) is 10.8 Å². The summed E-state index contributed by atoms with van der Waals surface area (Å²) < 4.78 is 19.0. The van der Waals surface area contributed by atoms with Crippen molar-refractivity contribution in [1.29, 1.82) is 0 Å². The highest BCUT2D eigenvalue weighted by Crippen LogP contribution is 2.42. The zero-order valence-corrected chi connectivity index (χ0v) is 22.8. The van der Waals surface area contributed by atoms with Crippen LogP contribution in [0.2, 0.25) is 0 Å². The molecule has 0 saturated carbocycles. The number of rotatable bonds is 6. The van der Waals surface area contributed by atoms with Gasteiger partial charge in [0, 0.05) is 22.4 Å². The zero-order valence-electron chi connectivity index (χ0n) is 21.3. The van der Waals surface area contributed by atoms with Crippen LogP contribution in [0.3, 0.4) is 0 Å². The molecule has 3 atom stereocenters. The van der Waals surface area contributed by atoms with E-state index < -0.39 is 11.6 Å². The van der Waals surface area contributed by atoms with E-state index in [9.17, 15) is 9.59 Å². The number of anilines is 1. The molecule has 194 valence electrons. The Morgan fingerprint density at radius 3 is 2.78 bits per heavy atom. The van der Waals surface area contributed by atoms with Crippen molar-refractivity contribution >= 4 is 44.2 Å². The van der Waals surface area contributed by atoms with Gasteiger partial charge in [0.05, 0.1) is 32.6 Å².